The molecule has 1 aliphatic rings. The first-order valence-corrected chi connectivity index (χ1v) is 8.00. The highest BCUT2D eigenvalue weighted by atomic mass is 15.3. The molecule has 1 saturated heterocycles. The number of nitrogens with zero attached hydrogens (tertiary/aromatic N) is 3. The molecule has 20 heavy (non-hydrogen) atoms. The summed E-state index contributed by atoms with van der Waals surface area (Å²) in [5.41, 5.74) is 9.93. The first-order valence-electron chi connectivity index (χ1n) is 8.00. The van der Waals surface area contributed by atoms with Crippen molar-refractivity contribution in [2.24, 2.45) is 11.7 Å². The number of aryl methyl sites for hydroxylation is 2. The van der Waals surface area contributed by atoms with Crippen molar-refractivity contribution in [1.82, 2.24) is 14.7 Å². The molecule has 0 aliphatic carbocycles. The third kappa shape index (κ3) is 2.63. The molecule has 1 aliphatic heterocycles. The lowest BCUT2D eigenvalue weighted by Gasteiger charge is -2.43. The fourth-order valence-electron chi connectivity index (χ4n) is 3.92. The Morgan fingerprint density at radius 3 is 2.65 bits per heavy atom. The monoisotopic (exact) mass is 278 g/mol. The molecular weight excluding hydrogens is 248 g/mol. The number of likely N-dealkylation sites (tertiary alicyclic amines) is 1. The quantitative estimate of drug-likeness (QED) is 0.921. The summed E-state index contributed by atoms with van der Waals surface area (Å²) >= 11 is 0. The van der Waals surface area contributed by atoms with Crippen LogP contribution in [0.1, 0.15) is 56.6 Å². The van der Waals surface area contributed by atoms with Crippen molar-refractivity contribution < 1.29 is 0 Å². The number of hydrogen-bond acceptors (Lipinski definition) is 3. The van der Waals surface area contributed by atoms with E-state index in [4.69, 9.17) is 5.73 Å². The average Bonchev–Trinajstić information content (AvgIpc) is 2.72. The van der Waals surface area contributed by atoms with Crippen molar-refractivity contribution in [1.29, 1.82) is 0 Å². The molecule has 0 spiro atoms. The summed E-state index contributed by atoms with van der Waals surface area (Å²) in [4.78, 5) is 2.60. The van der Waals surface area contributed by atoms with E-state index >= 15 is 0 Å². The predicted octanol–water partition coefficient (Wildman–Crippen LogP) is 2.64. The molecule has 0 amide bonds. The van der Waals surface area contributed by atoms with Crippen molar-refractivity contribution in [3.05, 3.63) is 17.0 Å². The lowest BCUT2D eigenvalue weighted by Crippen LogP contribution is -2.49. The molecule has 0 radical (unpaired) electrons. The first kappa shape index (κ1) is 15.5. The zero-order chi connectivity index (χ0) is 14.9. The SMILES string of the molecule is CCn1nc(C)c(C(C)N2CCCC(C)C2CN)c1C. The number of hydrogen-bond donors (Lipinski definition) is 1. The van der Waals surface area contributed by atoms with Gasteiger partial charge in [0.15, 0.2) is 0 Å². The van der Waals surface area contributed by atoms with E-state index in [2.05, 4.69) is 49.3 Å². The number of piperidine rings is 1. The third-order valence-electron chi connectivity index (χ3n) is 5.05. The van der Waals surface area contributed by atoms with Gasteiger partial charge in [0.05, 0.1) is 5.69 Å². The summed E-state index contributed by atoms with van der Waals surface area (Å²) in [7, 11) is 0. The molecule has 4 heteroatoms. The minimum absolute atomic E-state index is 0.409. The smallest absolute Gasteiger partial charge is 0.0644 e. The Bertz CT molecular complexity index is 452. The van der Waals surface area contributed by atoms with Crippen molar-refractivity contribution in [3.8, 4) is 0 Å². The second-order valence-electron chi connectivity index (χ2n) is 6.24. The van der Waals surface area contributed by atoms with Gasteiger partial charge in [-0.25, -0.2) is 0 Å². The maximum Gasteiger partial charge on any atom is 0.0644 e. The molecule has 3 unspecified atom stereocenters. The highest BCUT2D eigenvalue weighted by Gasteiger charge is 2.33. The van der Waals surface area contributed by atoms with Gasteiger partial charge >= 0.3 is 0 Å². The van der Waals surface area contributed by atoms with Crippen LogP contribution in [0.5, 0.6) is 0 Å². The van der Waals surface area contributed by atoms with Crippen LogP contribution in [-0.2, 0) is 6.54 Å². The molecule has 0 saturated carbocycles. The molecule has 2 heterocycles. The third-order valence-corrected chi connectivity index (χ3v) is 5.05. The van der Waals surface area contributed by atoms with Gasteiger partial charge in [0.25, 0.3) is 0 Å². The van der Waals surface area contributed by atoms with E-state index in [0.29, 0.717) is 18.0 Å². The Morgan fingerprint density at radius 2 is 2.10 bits per heavy atom. The van der Waals surface area contributed by atoms with Crippen LogP contribution in [0.4, 0.5) is 0 Å². The van der Waals surface area contributed by atoms with Gasteiger partial charge in [-0.3, -0.25) is 9.58 Å². The molecule has 1 aromatic rings. The van der Waals surface area contributed by atoms with E-state index in [1.165, 1.54) is 29.8 Å². The second-order valence-corrected chi connectivity index (χ2v) is 6.24. The Balaban J connectivity index is 2.30. The summed E-state index contributed by atoms with van der Waals surface area (Å²) in [6, 6.07) is 0.911. The highest BCUT2D eigenvalue weighted by Crippen LogP contribution is 2.33. The molecule has 0 bridgehead atoms. The maximum atomic E-state index is 6.04. The van der Waals surface area contributed by atoms with E-state index in [9.17, 15) is 0 Å². The van der Waals surface area contributed by atoms with Gasteiger partial charge in [-0.2, -0.15) is 5.10 Å². The minimum Gasteiger partial charge on any atom is -0.329 e. The molecule has 2 N–H and O–H groups in total. The summed E-state index contributed by atoms with van der Waals surface area (Å²) in [5, 5.41) is 4.67. The maximum absolute atomic E-state index is 6.04. The van der Waals surface area contributed by atoms with Gasteiger partial charge in [-0.1, -0.05) is 6.92 Å². The minimum atomic E-state index is 0.409. The topological polar surface area (TPSA) is 47.1 Å². The van der Waals surface area contributed by atoms with E-state index in [0.717, 1.165) is 19.6 Å². The molecule has 1 aromatic heterocycles. The Kier molecular flexibility index (Phi) is 4.86. The van der Waals surface area contributed by atoms with Gasteiger partial charge in [0.2, 0.25) is 0 Å². The van der Waals surface area contributed by atoms with Gasteiger partial charge in [-0.15, -0.1) is 0 Å². The summed E-state index contributed by atoms with van der Waals surface area (Å²) < 4.78 is 2.12. The molecule has 4 nitrogen and oxygen atoms in total. The zero-order valence-electron chi connectivity index (χ0n) is 13.7. The van der Waals surface area contributed by atoms with Crippen LogP contribution < -0.4 is 5.73 Å². The molecule has 3 atom stereocenters. The lowest BCUT2D eigenvalue weighted by atomic mass is 9.88. The van der Waals surface area contributed by atoms with Crippen LogP contribution in [-0.4, -0.2) is 33.8 Å². The fourth-order valence-corrected chi connectivity index (χ4v) is 3.92. The van der Waals surface area contributed by atoms with Crippen LogP contribution in [0.2, 0.25) is 0 Å². The highest BCUT2D eigenvalue weighted by molar-refractivity contribution is 5.28. The molecular formula is C16H30N4. The van der Waals surface area contributed by atoms with Gasteiger partial charge in [0.1, 0.15) is 0 Å². The standard InChI is InChI=1S/C16H30N4/c1-6-20-14(5)16(12(3)18-20)13(4)19-9-7-8-11(2)15(19)10-17/h11,13,15H,6-10,17H2,1-5H3. The molecule has 0 aromatic carbocycles. The number of aromatic nitrogens is 2. The van der Waals surface area contributed by atoms with E-state index in [1.807, 2.05) is 0 Å². The first-order chi connectivity index (χ1) is 9.51. The fraction of sp³-hybridized carbons (Fsp3) is 0.812. The Hall–Kier alpha value is -0.870. The predicted molar refractivity (Wildman–Crippen MR) is 83.7 cm³/mol. The van der Waals surface area contributed by atoms with E-state index in [-0.39, 0.29) is 0 Å². The Morgan fingerprint density at radius 1 is 1.40 bits per heavy atom. The van der Waals surface area contributed by atoms with Crippen LogP contribution in [0.3, 0.4) is 0 Å². The van der Waals surface area contributed by atoms with Gasteiger partial charge < -0.3 is 5.73 Å². The van der Waals surface area contributed by atoms with Crippen molar-refractivity contribution in [3.63, 3.8) is 0 Å². The largest absolute Gasteiger partial charge is 0.329 e. The number of rotatable bonds is 4. The molecule has 2 rings (SSSR count). The average molecular weight is 278 g/mol. The van der Waals surface area contributed by atoms with Crippen molar-refractivity contribution in [2.45, 2.75) is 66.1 Å². The number of nitrogens with two attached hydrogens (primary N) is 1. The van der Waals surface area contributed by atoms with Gasteiger partial charge in [0, 0.05) is 36.4 Å². The lowest BCUT2D eigenvalue weighted by molar-refractivity contribution is 0.0684. The van der Waals surface area contributed by atoms with Crippen LogP contribution in [0, 0.1) is 19.8 Å². The van der Waals surface area contributed by atoms with Crippen LogP contribution in [0.25, 0.3) is 0 Å². The van der Waals surface area contributed by atoms with E-state index in [1.54, 1.807) is 0 Å². The summed E-state index contributed by atoms with van der Waals surface area (Å²) in [6.07, 6.45) is 2.58. The van der Waals surface area contributed by atoms with Gasteiger partial charge in [-0.05, 0) is 53.0 Å². The molecule has 1 fully saturated rings. The summed E-state index contributed by atoms with van der Waals surface area (Å²) in [5.74, 6) is 0.693. The molecule has 114 valence electrons. The normalized spacial score (nSPS) is 25.9. The van der Waals surface area contributed by atoms with Crippen molar-refractivity contribution in [2.75, 3.05) is 13.1 Å². The van der Waals surface area contributed by atoms with Crippen molar-refractivity contribution >= 4 is 0 Å². The second kappa shape index (κ2) is 6.27. The van der Waals surface area contributed by atoms with Crippen LogP contribution >= 0.6 is 0 Å². The van der Waals surface area contributed by atoms with Crippen LogP contribution in [0.15, 0.2) is 0 Å². The summed E-state index contributed by atoms with van der Waals surface area (Å²) in [6.45, 7) is 14.0. The zero-order valence-corrected chi connectivity index (χ0v) is 13.7. The van der Waals surface area contributed by atoms with E-state index < -0.39 is 0 Å². The Labute approximate surface area is 123 Å².